The maximum absolute atomic E-state index is 13.3. The Morgan fingerprint density at radius 1 is 0.704 bits per heavy atom. The fraction of sp³-hybridized carbons (Fsp3) is 0.130. The average molecular weight is 373 g/mol. The number of rotatable bonds is 6. The lowest BCUT2D eigenvalue weighted by Gasteiger charge is -2.32. The number of carbonyl (C=O) groups is 1. The van der Waals surface area contributed by atoms with Crippen molar-refractivity contribution >= 4 is 25.4 Å². The Kier molecular flexibility index (Phi) is 5.67. The Morgan fingerprint density at radius 2 is 1.15 bits per heavy atom. The molecule has 0 N–H and O–H groups in total. The molecule has 0 fully saturated rings. The Morgan fingerprint density at radius 3 is 1.63 bits per heavy atom. The number of hydrogen-bond acceptors (Lipinski definition) is 3. The van der Waals surface area contributed by atoms with Gasteiger partial charge in [0.05, 0.1) is 0 Å². The number of carbonyl (C=O) groups excluding carboxylic acids is 1. The molecule has 3 aromatic rings. The van der Waals surface area contributed by atoms with Gasteiger partial charge in [0.1, 0.15) is 5.71 Å². The van der Waals surface area contributed by atoms with Gasteiger partial charge in [0.15, 0.2) is 8.24 Å². The first-order chi connectivity index (χ1) is 13.0. The Bertz CT molecular complexity index is 917. The largest absolute Gasteiger partial charge is 0.294 e. The molecule has 4 heteroatoms. The van der Waals surface area contributed by atoms with Crippen LogP contribution >= 0.6 is 0 Å². The highest BCUT2D eigenvalue weighted by atomic mass is 28.3. The van der Waals surface area contributed by atoms with Gasteiger partial charge in [-0.25, -0.2) is 0 Å². The third-order valence-electron chi connectivity index (χ3n) is 4.13. The molecule has 0 aliphatic heterocycles. The summed E-state index contributed by atoms with van der Waals surface area (Å²) >= 11 is 0. The molecule has 0 spiro atoms. The normalized spacial score (nSPS) is 11.9. The first-order valence-electron chi connectivity index (χ1n) is 9.06. The Labute approximate surface area is 162 Å². The summed E-state index contributed by atoms with van der Waals surface area (Å²) in [5, 5.41) is 4.93. The summed E-state index contributed by atoms with van der Waals surface area (Å²) in [5.41, 5.74) is 2.94. The smallest absolute Gasteiger partial charge is 0.213 e. The fourth-order valence-corrected chi connectivity index (χ4v) is 4.14. The van der Waals surface area contributed by atoms with Gasteiger partial charge in [-0.2, -0.15) is 5.10 Å². The monoisotopic (exact) mass is 372 g/mol. The quantitative estimate of drug-likeness (QED) is 0.244. The molecule has 0 heterocycles. The van der Waals surface area contributed by atoms with Gasteiger partial charge in [0, 0.05) is 16.8 Å². The van der Waals surface area contributed by atoms with Crippen LogP contribution in [0.3, 0.4) is 0 Å². The third-order valence-corrected chi connectivity index (χ3v) is 5.76. The molecule has 3 nitrogen and oxygen atoms in total. The van der Waals surface area contributed by atoms with Crippen molar-refractivity contribution in [2.75, 3.05) is 4.67 Å². The topological polar surface area (TPSA) is 32.7 Å². The van der Waals surface area contributed by atoms with Crippen LogP contribution in [0.4, 0.5) is 5.69 Å². The molecule has 136 valence electrons. The van der Waals surface area contributed by atoms with Crippen LogP contribution in [0, 0.1) is 0 Å². The van der Waals surface area contributed by atoms with Gasteiger partial charge in [-0.3, -0.25) is 9.47 Å². The van der Waals surface area contributed by atoms with Gasteiger partial charge < -0.3 is 0 Å². The predicted molar refractivity (Wildman–Crippen MR) is 116 cm³/mol. The lowest BCUT2D eigenvalue weighted by atomic mass is 10.0. The van der Waals surface area contributed by atoms with Crippen molar-refractivity contribution < 1.29 is 4.79 Å². The second-order valence-corrected chi connectivity index (χ2v) is 12.1. The summed E-state index contributed by atoms with van der Waals surface area (Å²) in [6.07, 6.45) is 0. The van der Waals surface area contributed by atoms with E-state index >= 15 is 0 Å². The molecule has 0 unspecified atom stereocenters. The predicted octanol–water partition coefficient (Wildman–Crippen LogP) is 5.62. The zero-order valence-corrected chi connectivity index (χ0v) is 17.0. The Hall–Kier alpha value is -2.98. The summed E-state index contributed by atoms with van der Waals surface area (Å²) in [5.74, 6) is -0.0685. The second-order valence-electron chi connectivity index (χ2n) is 7.33. The van der Waals surface area contributed by atoms with E-state index in [2.05, 4.69) is 24.3 Å². The zero-order valence-electron chi connectivity index (χ0n) is 16.0. The van der Waals surface area contributed by atoms with Gasteiger partial charge in [-0.05, 0) is 31.8 Å². The molecule has 0 saturated carbocycles. The highest BCUT2D eigenvalue weighted by molar-refractivity contribution is 6.79. The standard InChI is InChI=1S/C23H24N2OSi/c1-27(2,3)25(21-17-11-6-12-18-21)24-22(19-13-7-4-8-14-19)23(26)20-15-9-5-10-16-20/h4-18H,1-3H3/b24-22+. The number of nitrogens with zero attached hydrogens (tertiary/aromatic N) is 2. The van der Waals surface area contributed by atoms with Gasteiger partial charge in [0.2, 0.25) is 5.78 Å². The van der Waals surface area contributed by atoms with Crippen molar-refractivity contribution in [3.8, 4) is 0 Å². The molecule has 0 saturated heterocycles. The lowest BCUT2D eigenvalue weighted by molar-refractivity contribution is 0.106. The molecule has 3 rings (SSSR count). The van der Waals surface area contributed by atoms with Crippen LogP contribution in [-0.2, 0) is 0 Å². The summed E-state index contributed by atoms with van der Waals surface area (Å²) in [4.78, 5) is 13.3. The van der Waals surface area contributed by atoms with E-state index in [0.717, 1.165) is 11.3 Å². The molecule has 0 bridgehead atoms. The minimum absolute atomic E-state index is 0.0685. The molecule has 0 atom stereocenters. The summed E-state index contributed by atoms with van der Waals surface area (Å²) in [6, 6.07) is 29.1. The van der Waals surface area contributed by atoms with Crippen molar-refractivity contribution in [3.63, 3.8) is 0 Å². The van der Waals surface area contributed by atoms with Crippen LogP contribution in [0.1, 0.15) is 15.9 Å². The van der Waals surface area contributed by atoms with E-state index in [4.69, 9.17) is 5.10 Å². The van der Waals surface area contributed by atoms with Crippen LogP contribution in [0.25, 0.3) is 0 Å². The number of hydrogen-bond donors (Lipinski definition) is 0. The van der Waals surface area contributed by atoms with Gasteiger partial charge in [-0.15, -0.1) is 0 Å². The molecular weight excluding hydrogens is 348 g/mol. The maximum atomic E-state index is 13.3. The van der Waals surface area contributed by atoms with Crippen molar-refractivity contribution in [3.05, 3.63) is 102 Å². The summed E-state index contributed by atoms with van der Waals surface area (Å²) in [6.45, 7) is 6.66. The van der Waals surface area contributed by atoms with Crippen LogP contribution in [0.15, 0.2) is 96.1 Å². The molecule has 27 heavy (non-hydrogen) atoms. The summed E-state index contributed by atoms with van der Waals surface area (Å²) in [7, 11) is -1.88. The molecule has 0 aliphatic carbocycles. The molecule has 0 aliphatic rings. The van der Waals surface area contributed by atoms with Gasteiger partial charge >= 0.3 is 0 Å². The number of hydrazone groups is 1. The fourth-order valence-electron chi connectivity index (χ4n) is 2.82. The maximum Gasteiger partial charge on any atom is 0.213 e. The van der Waals surface area contributed by atoms with E-state index in [1.54, 1.807) is 0 Å². The van der Waals surface area contributed by atoms with Crippen LogP contribution in [0.2, 0.25) is 19.6 Å². The van der Waals surface area contributed by atoms with E-state index in [-0.39, 0.29) is 5.78 Å². The van der Waals surface area contributed by atoms with E-state index in [0.29, 0.717) is 11.3 Å². The minimum Gasteiger partial charge on any atom is -0.294 e. The van der Waals surface area contributed by atoms with Crippen LogP contribution in [-0.4, -0.2) is 19.7 Å². The SMILES string of the molecule is C[Si](C)(C)N(/N=C(/C(=O)c1ccccc1)c1ccccc1)c1ccccc1. The van der Waals surface area contributed by atoms with E-state index < -0.39 is 8.24 Å². The number of Topliss-reactive ketones (excluding diaryl/α,β-unsaturated/α-hetero) is 1. The molecule has 0 amide bonds. The van der Waals surface area contributed by atoms with E-state index in [1.165, 1.54) is 0 Å². The van der Waals surface area contributed by atoms with Crippen molar-refractivity contribution in [2.45, 2.75) is 19.6 Å². The number of anilines is 1. The second kappa shape index (κ2) is 8.14. The first-order valence-corrected chi connectivity index (χ1v) is 12.5. The number of para-hydroxylation sites is 1. The highest BCUT2D eigenvalue weighted by Gasteiger charge is 2.27. The van der Waals surface area contributed by atoms with E-state index in [1.807, 2.05) is 91.0 Å². The van der Waals surface area contributed by atoms with E-state index in [9.17, 15) is 4.79 Å². The minimum atomic E-state index is -1.88. The third kappa shape index (κ3) is 4.60. The Balaban J connectivity index is 2.15. The van der Waals surface area contributed by atoms with Gasteiger partial charge in [0.25, 0.3) is 0 Å². The molecule has 3 aromatic carbocycles. The van der Waals surface area contributed by atoms with Gasteiger partial charge in [-0.1, -0.05) is 78.9 Å². The van der Waals surface area contributed by atoms with Crippen LogP contribution in [0.5, 0.6) is 0 Å². The molecular formula is C23H24N2OSi. The highest BCUT2D eigenvalue weighted by Crippen LogP contribution is 2.23. The first kappa shape index (κ1) is 18.8. The van der Waals surface area contributed by atoms with Crippen molar-refractivity contribution in [1.82, 2.24) is 0 Å². The molecule has 0 aromatic heterocycles. The average Bonchev–Trinajstić information content (AvgIpc) is 2.69. The van der Waals surface area contributed by atoms with Crippen LogP contribution < -0.4 is 4.67 Å². The molecule has 0 radical (unpaired) electrons. The number of benzene rings is 3. The lowest BCUT2D eigenvalue weighted by Crippen LogP contribution is -2.43. The number of ketones is 1. The summed E-state index contributed by atoms with van der Waals surface area (Å²) < 4.78 is 2.05. The van der Waals surface area contributed by atoms with Crippen molar-refractivity contribution in [2.24, 2.45) is 5.10 Å². The van der Waals surface area contributed by atoms with Crippen molar-refractivity contribution in [1.29, 1.82) is 0 Å². The zero-order chi connectivity index (χ0) is 19.3.